The molecule has 2 N–H and O–H groups in total. The lowest BCUT2D eigenvalue weighted by Crippen LogP contribution is -2.27. The molecule has 3 aromatic rings. The molecule has 0 unspecified atom stereocenters. The van der Waals surface area contributed by atoms with Crippen LogP contribution in [0, 0.1) is 0 Å². The molecule has 8 nitrogen and oxygen atoms in total. The number of halogens is 1. The van der Waals surface area contributed by atoms with Crippen LogP contribution in [-0.4, -0.2) is 29.1 Å². The van der Waals surface area contributed by atoms with Gasteiger partial charge in [-0.05, 0) is 36.8 Å². The van der Waals surface area contributed by atoms with Crippen molar-refractivity contribution in [1.29, 1.82) is 0 Å². The number of amides is 1. The molecular weight excluding hydrogens is 390 g/mol. The van der Waals surface area contributed by atoms with Gasteiger partial charge in [0, 0.05) is 5.02 Å². The number of benzene rings is 2. The fourth-order valence-corrected chi connectivity index (χ4v) is 4.17. The Labute approximate surface area is 160 Å². The topological polar surface area (TPSA) is 106 Å². The Bertz CT molecular complexity index is 1160. The summed E-state index contributed by atoms with van der Waals surface area (Å²) in [6.07, 6.45) is 0. The van der Waals surface area contributed by atoms with Gasteiger partial charge in [0.15, 0.2) is 0 Å². The maximum atomic E-state index is 12.5. The minimum absolute atomic E-state index is 0.0331. The number of fused-ring (bicyclic) bond motifs is 3. The van der Waals surface area contributed by atoms with Crippen molar-refractivity contribution < 1.29 is 13.2 Å². The number of para-hydroxylation sites is 1. The van der Waals surface area contributed by atoms with Gasteiger partial charge in [-0.25, -0.2) is 13.1 Å². The van der Waals surface area contributed by atoms with E-state index in [9.17, 15) is 13.2 Å². The summed E-state index contributed by atoms with van der Waals surface area (Å²) in [5.41, 5.74) is 1.16. The molecule has 0 bridgehead atoms. The zero-order chi connectivity index (χ0) is 19.2. The molecule has 0 radical (unpaired) electrons. The minimum Gasteiger partial charge on any atom is -0.343 e. The van der Waals surface area contributed by atoms with E-state index in [-0.39, 0.29) is 22.7 Å². The summed E-state index contributed by atoms with van der Waals surface area (Å²) in [5, 5.41) is 7.51. The van der Waals surface area contributed by atoms with E-state index in [1.807, 2.05) is 6.07 Å². The van der Waals surface area contributed by atoms with E-state index in [0.717, 1.165) is 5.56 Å². The first kappa shape index (κ1) is 17.5. The van der Waals surface area contributed by atoms with Crippen LogP contribution in [0.25, 0.3) is 5.69 Å². The second-order valence-electron chi connectivity index (χ2n) is 5.99. The second-order valence-corrected chi connectivity index (χ2v) is 8.08. The van der Waals surface area contributed by atoms with Crippen LogP contribution in [0.4, 0.5) is 5.95 Å². The lowest BCUT2D eigenvalue weighted by Gasteiger charge is -2.17. The Kier molecular flexibility index (Phi) is 4.12. The number of carbonyl (C=O) groups is 1. The number of nitrogens with zero attached hydrogens (tertiary/aromatic N) is 3. The fourth-order valence-electron chi connectivity index (χ4n) is 2.80. The van der Waals surface area contributed by atoms with Crippen molar-refractivity contribution in [3.05, 3.63) is 64.9 Å². The number of anilines is 1. The van der Waals surface area contributed by atoms with E-state index in [0.29, 0.717) is 10.7 Å². The third-order valence-corrected chi connectivity index (χ3v) is 5.73. The van der Waals surface area contributed by atoms with Gasteiger partial charge in [0.05, 0.1) is 11.7 Å². The van der Waals surface area contributed by atoms with Crippen LogP contribution in [-0.2, 0) is 10.0 Å². The first-order chi connectivity index (χ1) is 12.8. The van der Waals surface area contributed by atoms with Crippen molar-refractivity contribution in [2.45, 2.75) is 17.9 Å². The molecule has 0 saturated carbocycles. The summed E-state index contributed by atoms with van der Waals surface area (Å²) in [7, 11) is -3.76. The van der Waals surface area contributed by atoms with Crippen molar-refractivity contribution in [3.63, 3.8) is 0 Å². The smallest absolute Gasteiger partial charge is 0.291 e. The molecule has 0 spiro atoms. The zero-order valence-corrected chi connectivity index (χ0v) is 15.6. The third-order valence-electron chi connectivity index (χ3n) is 4.12. The standard InChI is InChI=1S/C17H14ClN5O3S/c1-10(11-5-4-6-12(18)9-11)19-16(24)15-20-17-22-27(25,26)14-8-3-2-7-13(14)23(17)21-15/h2-10H,1H3,(H,19,24)(H,20,21,22)/t10-/m0/s1. The van der Waals surface area contributed by atoms with Gasteiger partial charge in [-0.15, -0.1) is 5.10 Å². The average Bonchev–Trinajstić information content (AvgIpc) is 3.05. The molecule has 1 atom stereocenters. The lowest BCUT2D eigenvalue weighted by atomic mass is 10.1. The molecule has 138 valence electrons. The number of hydrogen-bond donors (Lipinski definition) is 2. The van der Waals surface area contributed by atoms with Crippen molar-refractivity contribution in [3.8, 4) is 5.69 Å². The van der Waals surface area contributed by atoms with E-state index in [1.54, 1.807) is 43.3 Å². The van der Waals surface area contributed by atoms with Crippen LogP contribution < -0.4 is 10.0 Å². The average molecular weight is 404 g/mol. The van der Waals surface area contributed by atoms with Gasteiger partial charge in [0.1, 0.15) is 4.90 Å². The van der Waals surface area contributed by atoms with E-state index >= 15 is 0 Å². The molecule has 0 fully saturated rings. The van der Waals surface area contributed by atoms with Crippen LogP contribution in [0.3, 0.4) is 0 Å². The lowest BCUT2D eigenvalue weighted by molar-refractivity contribution is 0.0929. The number of hydrogen-bond acceptors (Lipinski definition) is 5. The van der Waals surface area contributed by atoms with Gasteiger partial charge >= 0.3 is 0 Å². The van der Waals surface area contributed by atoms with Crippen LogP contribution in [0.2, 0.25) is 5.02 Å². The number of carbonyl (C=O) groups excluding carboxylic acids is 1. The van der Waals surface area contributed by atoms with E-state index in [2.05, 4.69) is 20.1 Å². The zero-order valence-electron chi connectivity index (χ0n) is 14.0. The molecule has 1 aliphatic rings. The van der Waals surface area contributed by atoms with Gasteiger partial charge in [0.2, 0.25) is 11.8 Å². The van der Waals surface area contributed by atoms with Crippen molar-refractivity contribution >= 4 is 33.5 Å². The second kappa shape index (κ2) is 6.36. The van der Waals surface area contributed by atoms with E-state index in [1.165, 1.54) is 10.7 Å². The van der Waals surface area contributed by atoms with E-state index < -0.39 is 15.9 Å². The maximum absolute atomic E-state index is 12.5. The molecule has 1 aliphatic heterocycles. The van der Waals surface area contributed by atoms with Crippen molar-refractivity contribution in [1.82, 2.24) is 20.1 Å². The largest absolute Gasteiger partial charge is 0.343 e. The third kappa shape index (κ3) is 3.15. The highest BCUT2D eigenvalue weighted by atomic mass is 35.5. The number of sulfonamides is 1. The minimum atomic E-state index is -3.76. The summed E-state index contributed by atoms with van der Waals surface area (Å²) in [4.78, 5) is 16.6. The molecule has 0 aliphatic carbocycles. The summed E-state index contributed by atoms with van der Waals surface area (Å²) >= 11 is 5.98. The normalized spacial score (nSPS) is 15.2. The highest BCUT2D eigenvalue weighted by Gasteiger charge is 2.31. The van der Waals surface area contributed by atoms with Gasteiger partial charge in [-0.2, -0.15) is 9.67 Å². The molecular formula is C17H14ClN5O3S. The van der Waals surface area contributed by atoms with Crippen LogP contribution in [0.5, 0.6) is 0 Å². The molecule has 2 aromatic carbocycles. The maximum Gasteiger partial charge on any atom is 0.291 e. The Hall–Kier alpha value is -2.91. The first-order valence-corrected chi connectivity index (χ1v) is 9.87. The SMILES string of the molecule is C[C@H](NC(=O)c1nc2n(n1)-c1ccccc1S(=O)(=O)N2)c1cccc(Cl)c1. The molecule has 4 rings (SSSR count). The summed E-state index contributed by atoms with van der Waals surface area (Å²) in [5.74, 6) is -0.700. The van der Waals surface area contributed by atoms with Gasteiger partial charge in [-0.1, -0.05) is 35.9 Å². The van der Waals surface area contributed by atoms with Crippen molar-refractivity contribution in [2.24, 2.45) is 0 Å². The van der Waals surface area contributed by atoms with Gasteiger partial charge in [0.25, 0.3) is 15.9 Å². The summed E-state index contributed by atoms with van der Waals surface area (Å²) in [6.45, 7) is 1.80. The van der Waals surface area contributed by atoms with Crippen LogP contribution >= 0.6 is 11.6 Å². The number of rotatable bonds is 3. The fraction of sp³-hybridized carbons (Fsp3) is 0.118. The summed E-state index contributed by atoms with van der Waals surface area (Å²) < 4.78 is 28.2. The summed E-state index contributed by atoms with van der Waals surface area (Å²) in [6, 6.07) is 13.2. The van der Waals surface area contributed by atoms with Gasteiger partial charge in [-0.3, -0.25) is 4.79 Å². The van der Waals surface area contributed by atoms with E-state index in [4.69, 9.17) is 11.6 Å². The highest BCUT2D eigenvalue weighted by Crippen LogP contribution is 2.29. The molecule has 1 amide bonds. The van der Waals surface area contributed by atoms with Crippen LogP contribution in [0.15, 0.2) is 53.4 Å². The molecule has 0 saturated heterocycles. The quantitative estimate of drug-likeness (QED) is 0.699. The molecule has 10 heteroatoms. The highest BCUT2D eigenvalue weighted by molar-refractivity contribution is 7.92. The van der Waals surface area contributed by atoms with Gasteiger partial charge < -0.3 is 5.32 Å². The molecule has 2 heterocycles. The number of aromatic nitrogens is 3. The predicted molar refractivity (Wildman–Crippen MR) is 99.5 cm³/mol. The Morgan fingerprint density at radius 2 is 2.00 bits per heavy atom. The Morgan fingerprint density at radius 1 is 1.22 bits per heavy atom. The Balaban J connectivity index is 1.64. The van der Waals surface area contributed by atoms with Crippen molar-refractivity contribution in [2.75, 3.05) is 4.72 Å². The number of nitrogens with one attached hydrogen (secondary N) is 2. The molecule has 27 heavy (non-hydrogen) atoms. The monoisotopic (exact) mass is 403 g/mol. The first-order valence-electron chi connectivity index (χ1n) is 8.01. The van der Waals surface area contributed by atoms with Crippen LogP contribution in [0.1, 0.15) is 29.1 Å². The Morgan fingerprint density at radius 3 is 2.78 bits per heavy atom. The molecule has 1 aromatic heterocycles. The predicted octanol–water partition coefficient (Wildman–Crippen LogP) is 2.53.